The van der Waals surface area contributed by atoms with E-state index in [4.69, 9.17) is 0 Å². The maximum absolute atomic E-state index is 9.89. The molecule has 0 aliphatic carbocycles. The second-order valence-electron chi connectivity index (χ2n) is 4.69. The molecule has 1 nitrogen and oxygen atoms in total. The average Bonchev–Trinajstić information content (AvgIpc) is 1.99. The first-order valence-corrected chi connectivity index (χ1v) is 4.80. The lowest BCUT2D eigenvalue weighted by atomic mass is 9.80. The van der Waals surface area contributed by atoms with Gasteiger partial charge in [0.2, 0.25) is 0 Å². The molecule has 0 aromatic rings. The first-order valence-electron chi connectivity index (χ1n) is 4.80. The third kappa shape index (κ3) is 4.28. The lowest BCUT2D eigenvalue weighted by molar-refractivity contribution is 0.0411. The summed E-state index contributed by atoms with van der Waals surface area (Å²) in [5, 5.41) is 9.89. The minimum atomic E-state index is -0.303. The highest BCUT2D eigenvalue weighted by molar-refractivity contribution is 5.15. The van der Waals surface area contributed by atoms with Gasteiger partial charge in [-0.15, -0.1) is 0 Å². The minimum Gasteiger partial charge on any atom is -0.392 e. The van der Waals surface area contributed by atoms with Gasteiger partial charge < -0.3 is 5.11 Å². The lowest BCUT2D eigenvalue weighted by Crippen LogP contribution is -2.31. The molecule has 0 aromatic carbocycles. The first-order chi connectivity index (χ1) is 5.77. The molecule has 0 radical (unpaired) electrons. The van der Waals surface area contributed by atoms with E-state index in [1.54, 1.807) is 0 Å². The Morgan fingerprint density at radius 2 is 1.85 bits per heavy atom. The quantitative estimate of drug-likeness (QED) is 0.662. The predicted octanol–water partition coefficient (Wildman–Crippen LogP) is 3.16. The molecule has 1 unspecified atom stereocenters. The van der Waals surface area contributed by atoms with Crippen molar-refractivity contribution in [2.45, 2.75) is 40.7 Å². The first kappa shape index (κ1) is 12.4. The van der Waals surface area contributed by atoms with Crippen molar-refractivity contribution in [3.05, 3.63) is 24.3 Å². The van der Waals surface area contributed by atoms with E-state index in [-0.39, 0.29) is 17.4 Å². The molecule has 1 heteroatoms. The minimum absolute atomic E-state index is 0.173. The zero-order chi connectivity index (χ0) is 10.6. The largest absolute Gasteiger partial charge is 0.392 e. The number of aliphatic hydroxyl groups excluding tert-OH is 1. The maximum Gasteiger partial charge on any atom is 0.0648 e. The highest BCUT2D eigenvalue weighted by Gasteiger charge is 2.27. The van der Waals surface area contributed by atoms with Crippen LogP contribution in [-0.4, -0.2) is 11.2 Å². The van der Waals surface area contributed by atoms with Gasteiger partial charge >= 0.3 is 0 Å². The summed E-state index contributed by atoms with van der Waals surface area (Å²) in [6.07, 6.45) is 3.69. The number of aliphatic hydroxyl groups is 1. The molecular formula is C12H22O. The van der Waals surface area contributed by atoms with Crippen LogP contribution in [0.15, 0.2) is 24.3 Å². The van der Waals surface area contributed by atoms with Crippen molar-refractivity contribution < 1.29 is 5.11 Å². The second kappa shape index (κ2) is 4.61. The van der Waals surface area contributed by atoms with Crippen LogP contribution in [0, 0.1) is 11.3 Å². The van der Waals surface area contributed by atoms with Crippen molar-refractivity contribution >= 4 is 0 Å². The standard InChI is InChI=1S/C12H22O/c1-9(2)7-8-12(5,6)11(13)10(3)4/h7-8,10-11,13H,1H2,2-6H3/b8-7+. The normalized spacial score (nSPS) is 15.3. The third-order valence-electron chi connectivity index (χ3n) is 2.19. The van der Waals surface area contributed by atoms with Crippen molar-refractivity contribution in [2.75, 3.05) is 0 Å². The molecular weight excluding hydrogens is 160 g/mol. The summed E-state index contributed by atoms with van der Waals surface area (Å²) in [4.78, 5) is 0. The van der Waals surface area contributed by atoms with Gasteiger partial charge in [0.15, 0.2) is 0 Å². The van der Waals surface area contributed by atoms with E-state index in [1.807, 2.05) is 46.8 Å². The van der Waals surface area contributed by atoms with E-state index >= 15 is 0 Å². The van der Waals surface area contributed by atoms with Crippen molar-refractivity contribution in [2.24, 2.45) is 11.3 Å². The van der Waals surface area contributed by atoms with Crippen LogP contribution >= 0.6 is 0 Å². The summed E-state index contributed by atoms with van der Waals surface area (Å²) >= 11 is 0. The van der Waals surface area contributed by atoms with E-state index in [9.17, 15) is 5.11 Å². The van der Waals surface area contributed by atoms with E-state index < -0.39 is 0 Å². The number of hydrogen-bond donors (Lipinski definition) is 1. The monoisotopic (exact) mass is 182 g/mol. The molecule has 0 aliphatic rings. The van der Waals surface area contributed by atoms with Crippen LogP contribution in [0.4, 0.5) is 0 Å². The van der Waals surface area contributed by atoms with Gasteiger partial charge in [-0.25, -0.2) is 0 Å². The molecule has 1 N–H and O–H groups in total. The van der Waals surface area contributed by atoms with Gasteiger partial charge in [-0.05, 0) is 12.8 Å². The van der Waals surface area contributed by atoms with Crippen LogP contribution in [0.3, 0.4) is 0 Å². The second-order valence-corrected chi connectivity index (χ2v) is 4.69. The van der Waals surface area contributed by atoms with Crippen LogP contribution in [0.2, 0.25) is 0 Å². The van der Waals surface area contributed by atoms with E-state index in [0.717, 1.165) is 5.57 Å². The average molecular weight is 182 g/mol. The lowest BCUT2D eigenvalue weighted by Gasteiger charge is -2.30. The molecule has 0 aromatic heterocycles. The molecule has 0 saturated carbocycles. The fraction of sp³-hybridized carbons (Fsp3) is 0.667. The molecule has 0 bridgehead atoms. The van der Waals surface area contributed by atoms with Gasteiger partial charge in [0.05, 0.1) is 6.10 Å². The van der Waals surface area contributed by atoms with E-state index in [1.165, 1.54) is 0 Å². The van der Waals surface area contributed by atoms with E-state index in [0.29, 0.717) is 0 Å². The Labute approximate surface area is 82.2 Å². The Morgan fingerprint density at radius 1 is 1.38 bits per heavy atom. The zero-order valence-corrected chi connectivity index (χ0v) is 9.46. The van der Waals surface area contributed by atoms with Crippen molar-refractivity contribution in [1.29, 1.82) is 0 Å². The van der Waals surface area contributed by atoms with Gasteiger partial charge in [-0.3, -0.25) is 0 Å². The van der Waals surface area contributed by atoms with Gasteiger partial charge in [-0.1, -0.05) is 52.0 Å². The van der Waals surface area contributed by atoms with E-state index in [2.05, 4.69) is 6.58 Å². The number of rotatable bonds is 4. The van der Waals surface area contributed by atoms with Crippen LogP contribution in [0.25, 0.3) is 0 Å². The summed E-state index contributed by atoms with van der Waals surface area (Å²) in [7, 11) is 0. The fourth-order valence-corrected chi connectivity index (χ4v) is 1.31. The molecule has 0 spiro atoms. The highest BCUT2D eigenvalue weighted by Crippen LogP contribution is 2.27. The Bertz CT molecular complexity index is 199. The molecule has 76 valence electrons. The molecule has 0 saturated heterocycles. The topological polar surface area (TPSA) is 20.2 Å². The zero-order valence-electron chi connectivity index (χ0n) is 9.46. The molecule has 13 heavy (non-hydrogen) atoms. The molecule has 1 atom stereocenters. The van der Waals surface area contributed by atoms with Crippen molar-refractivity contribution in [3.63, 3.8) is 0 Å². The Morgan fingerprint density at radius 3 is 2.15 bits per heavy atom. The van der Waals surface area contributed by atoms with Crippen molar-refractivity contribution in [1.82, 2.24) is 0 Å². The molecule has 0 fully saturated rings. The summed E-state index contributed by atoms with van der Waals surface area (Å²) < 4.78 is 0. The Hall–Kier alpha value is -0.560. The van der Waals surface area contributed by atoms with Gasteiger partial charge in [0.25, 0.3) is 0 Å². The summed E-state index contributed by atoms with van der Waals surface area (Å²) in [6, 6.07) is 0. The fourth-order valence-electron chi connectivity index (χ4n) is 1.31. The van der Waals surface area contributed by atoms with Crippen LogP contribution in [0.1, 0.15) is 34.6 Å². The van der Waals surface area contributed by atoms with Crippen LogP contribution in [-0.2, 0) is 0 Å². The number of hydrogen-bond acceptors (Lipinski definition) is 1. The maximum atomic E-state index is 9.89. The van der Waals surface area contributed by atoms with Gasteiger partial charge in [0, 0.05) is 5.41 Å². The van der Waals surface area contributed by atoms with Gasteiger partial charge in [0.1, 0.15) is 0 Å². The summed E-state index contributed by atoms with van der Waals surface area (Å²) in [6.45, 7) is 13.9. The molecule has 0 heterocycles. The smallest absolute Gasteiger partial charge is 0.0648 e. The predicted molar refractivity (Wildman–Crippen MR) is 58.6 cm³/mol. The van der Waals surface area contributed by atoms with Crippen molar-refractivity contribution in [3.8, 4) is 0 Å². The Kier molecular flexibility index (Phi) is 4.41. The Balaban J connectivity index is 4.47. The third-order valence-corrected chi connectivity index (χ3v) is 2.19. The highest BCUT2D eigenvalue weighted by atomic mass is 16.3. The van der Waals surface area contributed by atoms with Crippen LogP contribution in [0.5, 0.6) is 0 Å². The molecule has 0 aliphatic heterocycles. The number of allylic oxidation sites excluding steroid dienone is 2. The van der Waals surface area contributed by atoms with Gasteiger partial charge in [-0.2, -0.15) is 0 Å². The summed E-state index contributed by atoms with van der Waals surface area (Å²) in [5.74, 6) is 0.282. The SMILES string of the molecule is C=C(C)/C=C/C(C)(C)C(O)C(C)C. The summed E-state index contributed by atoms with van der Waals surface area (Å²) in [5.41, 5.74) is 0.844. The van der Waals surface area contributed by atoms with Crippen LogP contribution < -0.4 is 0 Å². The molecule has 0 amide bonds. The molecule has 0 rings (SSSR count).